The summed E-state index contributed by atoms with van der Waals surface area (Å²) >= 11 is 0. The fraction of sp³-hybridized carbons (Fsp3) is 0.552. The standard InChI is InChI=1S/C29H42N2O5Si/c1-28(2,3)35-27(34)31-23(18-20-11-13-21(14-12-20)26(32)33)15-16-24(31)25(22-10-9-17-30-19-22)36-37(7,8)29(4,5)6/h9-14,17,19,23-25H,15-16,18H2,1-8H3,(H,32,33)/t23?,24-,25-/m1/s1. The van der Waals surface area contributed by atoms with E-state index in [1.807, 2.05) is 56.1 Å². The number of aromatic nitrogens is 1. The highest BCUT2D eigenvalue weighted by Gasteiger charge is 2.47. The molecule has 0 saturated carbocycles. The number of pyridine rings is 1. The van der Waals surface area contributed by atoms with Crippen LogP contribution in [0, 0.1) is 0 Å². The minimum absolute atomic E-state index is 0.00585. The van der Waals surface area contributed by atoms with E-state index in [2.05, 4.69) is 38.8 Å². The van der Waals surface area contributed by atoms with E-state index >= 15 is 0 Å². The Bertz CT molecular complexity index is 1070. The molecule has 1 aromatic heterocycles. The summed E-state index contributed by atoms with van der Waals surface area (Å²) in [5.41, 5.74) is 1.54. The normalized spacial score (nSPS) is 19.5. The molecule has 3 atom stereocenters. The Morgan fingerprint density at radius 3 is 2.24 bits per heavy atom. The van der Waals surface area contributed by atoms with Gasteiger partial charge in [0.1, 0.15) is 5.60 Å². The van der Waals surface area contributed by atoms with Gasteiger partial charge in [0.25, 0.3) is 0 Å². The molecule has 1 N–H and O–H groups in total. The second kappa shape index (κ2) is 11.0. The van der Waals surface area contributed by atoms with Crippen molar-refractivity contribution in [2.45, 2.75) is 103 Å². The van der Waals surface area contributed by atoms with Crippen molar-refractivity contribution >= 4 is 20.4 Å². The van der Waals surface area contributed by atoms with Gasteiger partial charge < -0.3 is 14.3 Å². The third-order valence-corrected chi connectivity index (χ3v) is 11.9. The molecule has 37 heavy (non-hydrogen) atoms. The Hall–Kier alpha value is -2.71. The molecule has 7 nitrogen and oxygen atoms in total. The van der Waals surface area contributed by atoms with E-state index in [9.17, 15) is 14.7 Å². The highest BCUT2D eigenvalue weighted by atomic mass is 28.4. The second-order valence-electron chi connectivity index (χ2n) is 12.5. The minimum atomic E-state index is -2.20. The van der Waals surface area contributed by atoms with Crippen LogP contribution in [0.1, 0.15) is 82.0 Å². The van der Waals surface area contributed by atoms with Gasteiger partial charge in [0.05, 0.1) is 17.7 Å². The molecule has 0 spiro atoms. The van der Waals surface area contributed by atoms with Gasteiger partial charge in [0, 0.05) is 18.4 Å². The zero-order chi connectivity index (χ0) is 27.6. The second-order valence-corrected chi connectivity index (χ2v) is 17.2. The number of likely N-dealkylation sites (tertiary alicyclic amines) is 1. The van der Waals surface area contributed by atoms with E-state index in [0.29, 0.717) is 6.42 Å². The molecule has 1 saturated heterocycles. The van der Waals surface area contributed by atoms with Gasteiger partial charge in [-0.1, -0.05) is 39.0 Å². The van der Waals surface area contributed by atoms with Crippen LogP contribution in [0.4, 0.5) is 4.79 Å². The molecule has 202 valence electrons. The zero-order valence-corrected chi connectivity index (χ0v) is 24.4. The molecule has 8 heteroatoms. The highest BCUT2D eigenvalue weighted by Crippen LogP contribution is 2.44. The van der Waals surface area contributed by atoms with Gasteiger partial charge in [0.15, 0.2) is 8.32 Å². The number of hydrogen-bond acceptors (Lipinski definition) is 5. The first-order chi connectivity index (χ1) is 17.1. The van der Waals surface area contributed by atoms with Crippen LogP contribution in [0.15, 0.2) is 48.8 Å². The van der Waals surface area contributed by atoms with Crippen molar-refractivity contribution in [1.82, 2.24) is 9.88 Å². The van der Waals surface area contributed by atoms with Gasteiger partial charge in [-0.05, 0) is 87.5 Å². The summed E-state index contributed by atoms with van der Waals surface area (Å²) in [6.07, 6.45) is 5.07. The lowest BCUT2D eigenvalue weighted by molar-refractivity contribution is -0.00244. The predicted molar refractivity (Wildman–Crippen MR) is 147 cm³/mol. The lowest BCUT2D eigenvalue weighted by Gasteiger charge is -2.43. The summed E-state index contributed by atoms with van der Waals surface area (Å²) < 4.78 is 12.9. The van der Waals surface area contributed by atoms with E-state index in [1.165, 1.54) is 0 Å². The average molecular weight is 527 g/mol. The number of amides is 1. The Labute approximate surface area is 222 Å². The van der Waals surface area contributed by atoms with Crippen LogP contribution in [-0.2, 0) is 15.6 Å². The van der Waals surface area contributed by atoms with Crippen molar-refractivity contribution in [3.05, 3.63) is 65.5 Å². The molecule has 1 aliphatic rings. The third-order valence-electron chi connectivity index (χ3n) is 7.41. The number of carboxylic acids is 1. The van der Waals surface area contributed by atoms with Crippen molar-refractivity contribution in [2.24, 2.45) is 0 Å². The van der Waals surface area contributed by atoms with Gasteiger partial charge in [-0.3, -0.25) is 9.88 Å². The highest BCUT2D eigenvalue weighted by molar-refractivity contribution is 6.74. The number of carboxylic acid groups (broad SMARTS) is 1. The summed E-state index contributed by atoms with van der Waals surface area (Å²) in [5, 5.41) is 9.25. The Morgan fingerprint density at radius 1 is 1.08 bits per heavy atom. The van der Waals surface area contributed by atoms with Crippen molar-refractivity contribution in [2.75, 3.05) is 0 Å². The molecule has 3 rings (SSSR count). The maximum atomic E-state index is 13.7. The topological polar surface area (TPSA) is 89.0 Å². The number of ether oxygens (including phenoxy) is 1. The quantitative estimate of drug-likeness (QED) is 0.397. The number of benzene rings is 1. The monoisotopic (exact) mass is 526 g/mol. The number of carbonyl (C=O) groups is 2. The fourth-order valence-electron chi connectivity index (χ4n) is 4.47. The van der Waals surface area contributed by atoms with Gasteiger partial charge in [0.2, 0.25) is 0 Å². The number of aromatic carboxylic acids is 1. The maximum absolute atomic E-state index is 13.7. The summed E-state index contributed by atoms with van der Waals surface area (Å²) in [6, 6.07) is 10.5. The van der Waals surface area contributed by atoms with Crippen LogP contribution in [0.25, 0.3) is 0 Å². The number of carbonyl (C=O) groups excluding carboxylic acids is 1. The van der Waals surface area contributed by atoms with E-state index < -0.39 is 19.9 Å². The fourth-order valence-corrected chi connectivity index (χ4v) is 5.75. The van der Waals surface area contributed by atoms with E-state index in [0.717, 1.165) is 24.0 Å². The van der Waals surface area contributed by atoms with Gasteiger partial charge in [-0.15, -0.1) is 0 Å². The first kappa shape index (κ1) is 28.9. The van der Waals surface area contributed by atoms with Crippen LogP contribution in [0.5, 0.6) is 0 Å². The molecule has 2 aromatic rings. The molecule has 2 heterocycles. The molecule has 1 aromatic carbocycles. The minimum Gasteiger partial charge on any atom is -0.478 e. The van der Waals surface area contributed by atoms with Crippen molar-refractivity contribution < 1.29 is 23.9 Å². The SMILES string of the molecule is CC(C)(C)OC(=O)N1C(Cc2ccc(C(=O)O)cc2)CC[C@@H]1[C@H](O[Si](C)(C)C(C)(C)C)c1cccnc1. The van der Waals surface area contributed by atoms with Crippen LogP contribution >= 0.6 is 0 Å². The molecule has 0 radical (unpaired) electrons. The molecule has 0 bridgehead atoms. The first-order valence-electron chi connectivity index (χ1n) is 13.0. The Balaban J connectivity index is 1.99. The molecule has 1 aliphatic heterocycles. The van der Waals surface area contributed by atoms with Gasteiger partial charge in [-0.25, -0.2) is 9.59 Å². The number of rotatable bonds is 7. The van der Waals surface area contributed by atoms with Gasteiger partial charge in [-0.2, -0.15) is 0 Å². The van der Waals surface area contributed by atoms with E-state index in [4.69, 9.17) is 9.16 Å². The predicted octanol–water partition coefficient (Wildman–Crippen LogP) is 6.85. The Morgan fingerprint density at radius 2 is 1.73 bits per heavy atom. The van der Waals surface area contributed by atoms with Crippen molar-refractivity contribution in [3.63, 3.8) is 0 Å². The number of nitrogens with zero attached hydrogens (tertiary/aromatic N) is 2. The van der Waals surface area contributed by atoms with Crippen LogP contribution in [0.2, 0.25) is 18.1 Å². The maximum Gasteiger partial charge on any atom is 0.410 e. The van der Waals surface area contributed by atoms with E-state index in [-0.39, 0.29) is 34.9 Å². The Kier molecular flexibility index (Phi) is 8.54. The summed E-state index contributed by atoms with van der Waals surface area (Å²) in [7, 11) is -2.20. The largest absolute Gasteiger partial charge is 0.478 e. The molecule has 1 fully saturated rings. The van der Waals surface area contributed by atoms with Crippen LogP contribution < -0.4 is 0 Å². The summed E-state index contributed by atoms with van der Waals surface area (Å²) in [4.78, 5) is 31.2. The first-order valence-corrected chi connectivity index (χ1v) is 15.9. The van der Waals surface area contributed by atoms with Crippen molar-refractivity contribution in [3.8, 4) is 0 Å². The van der Waals surface area contributed by atoms with E-state index in [1.54, 1.807) is 18.3 Å². The molecular formula is C29H42N2O5Si. The summed E-state index contributed by atoms with van der Waals surface area (Å²) in [5.74, 6) is -0.954. The van der Waals surface area contributed by atoms with Crippen molar-refractivity contribution in [1.29, 1.82) is 0 Å². The lowest BCUT2D eigenvalue weighted by Crippen LogP contribution is -2.50. The average Bonchev–Trinajstić information content (AvgIpc) is 3.20. The van der Waals surface area contributed by atoms with Gasteiger partial charge >= 0.3 is 12.1 Å². The molecule has 1 amide bonds. The molecular weight excluding hydrogens is 484 g/mol. The van der Waals surface area contributed by atoms with Crippen LogP contribution in [0.3, 0.4) is 0 Å². The summed E-state index contributed by atoms with van der Waals surface area (Å²) in [6.45, 7) is 16.7. The number of hydrogen-bond donors (Lipinski definition) is 1. The molecule has 0 aliphatic carbocycles. The van der Waals surface area contributed by atoms with Crippen LogP contribution in [-0.4, -0.2) is 53.1 Å². The zero-order valence-electron chi connectivity index (χ0n) is 23.4. The lowest BCUT2D eigenvalue weighted by atomic mass is 10.0. The third kappa shape index (κ3) is 7.20. The molecule has 1 unspecified atom stereocenters. The smallest absolute Gasteiger partial charge is 0.410 e.